The monoisotopic (exact) mass is 344 g/mol. The van der Waals surface area contributed by atoms with Gasteiger partial charge in [-0.2, -0.15) is 0 Å². The van der Waals surface area contributed by atoms with Crippen LogP contribution in [0.5, 0.6) is 5.75 Å². The van der Waals surface area contributed by atoms with Crippen LogP contribution in [-0.4, -0.2) is 7.11 Å². The largest absolute Gasteiger partial charge is 0.495 e. The van der Waals surface area contributed by atoms with Gasteiger partial charge in [-0.1, -0.05) is 11.6 Å². The molecule has 19 heavy (non-hydrogen) atoms. The third kappa shape index (κ3) is 3.11. The summed E-state index contributed by atoms with van der Waals surface area (Å²) >= 11 is 9.27. The molecule has 6 heteroatoms. The summed E-state index contributed by atoms with van der Waals surface area (Å²) in [5.74, 6) is -0.0628. The van der Waals surface area contributed by atoms with Gasteiger partial charge in [0, 0.05) is 21.6 Å². The summed E-state index contributed by atoms with van der Waals surface area (Å²) in [5.41, 5.74) is 6.78. The minimum Gasteiger partial charge on any atom is -0.495 e. The minimum absolute atomic E-state index is 0.246. The van der Waals surface area contributed by atoms with Crippen molar-refractivity contribution in [1.29, 1.82) is 0 Å². The Labute approximate surface area is 123 Å². The van der Waals surface area contributed by atoms with Crippen molar-refractivity contribution < 1.29 is 9.13 Å². The average Bonchev–Trinajstić information content (AvgIpc) is 2.37. The molecule has 0 saturated heterocycles. The van der Waals surface area contributed by atoms with E-state index in [0.29, 0.717) is 16.5 Å². The second kappa shape index (κ2) is 5.67. The number of hydrogen-bond acceptors (Lipinski definition) is 3. The molecule has 0 amide bonds. The van der Waals surface area contributed by atoms with E-state index in [0.717, 1.165) is 4.47 Å². The first-order valence-electron chi connectivity index (χ1n) is 5.36. The third-order valence-corrected chi connectivity index (χ3v) is 3.44. The van der Waals surface area contributed by atoms with Crippen LogP contribution in [-0.2, 0) is 0 Å². The Morgan fingerprint density at radius 3 is 2.68 bits per heavy atom. The summed E-state index contributed by atoms with van der Waals surface area (Å²) in [5, 5.41) is 3.49. The molecule has 0 saturated carbocycles. The van der Waals surface area contributed by atoms with Gasteiger partial charge in [-0.15, -0.1) is 0 Å². The van der Waals surface area contributed by atoms with Crippen molar-refractivity contribution in [1.82, 2.24) is 0 Å². The second-order valence-corrected chi connectivity index (χ2v) is 5.11. The van der Waals surface area contributed by atoms with Crippen LogP contribution >= 0.6 is 27.5 Å². The molecule has 0 heterocycles. The maximum absolute atomic E-state index is 13.8. The summed E-state index contributed by atoms with van der Waals surface area (Å²) in [6, 6.07) is 7.90. The number of benzene rings is 2. The van der Waals surface area contributed by atoms with Crippen LogP contribution in [0.2, 0.25) is 5.02 Å². The fourth-order valence-electron chi connectivity index (χ4n) is 1.58. The number of ether oxygens (including phenoxy) is 1. The number of halogens is 3. The summed E-state index contributed by atoms with van der Waals surface area (Å²) in [7, 11) is 1.47. The lowest BCUT2D eigenvalue weighted by Gasteiger charge is -2.12. The van der Waals surface area contributed by atoms with Gasteiger partial charge >= 0.3 is 0 Å². The van der Waals surface area contributed by atoms with Crippen molar-refractivity contribution in [3.8, 4) is 5.75 Å². The molecule has 3 nitrogen and oxygen atoms in total. The smallest absolute Gasteiger partial charge is 0.148 e. The van der Waals surface area contributed by atoms with E-state index in [1.807, 2.05) is 0 Å². The Kier molecular flexibility index (Phi) is 4.17. The van der Waals surface area contributed by atoms with Gasteiger partial charge in [-0.3, -0.25) is 0 Å². The number of rotatable bonds is 3. The molecule has 0 aliphatic heterocycles. The first-order chi connectivity index (χ1) is 9.01. The molecule has 2 aromatic carbocycles. The summed E-state index contributed by atoms with van der Waals surface area (Å²) in [6.45, 7) is 0. The zero-order chi connectivity index (χ0) is 14.0. The molecule has 0 radical (unpaired) electrons. The Morgan fingerprint density at radius 2 is 2.00 bits per heavy atom. The molecule has 100 valence electrons. The van der Waals surface area contributed by atoms with Crippen LogP contribution in [0.3, 0.4) is 0 Å². The second-order valence-electron chi connectivity index (χ2n) is 3.82. The lowest BCUT2D eigenvalue weighted by molar-refractivity contribution is 0.416. The molecule has 0 atom stereocenters. The summed E-state index contributed by atoms with van der Waals surface area (Å²) < 4.78 is 19.7. The number of nitrogens with one attached hydrogen (secondary N) is 1. The zero-order valence-electron chi connectivity index (χ0n) is 10.0. The Balaban J connectivity index is 2.40. The lowest BCUT2D eigenvalue weighted by Crippen LogP contribution is -1.99. The number of methoxy groups -OCH3 is 1. The van der Waals surface area contributed by atoms with Crippen LogP contribution in [0.1, 0.15) is 0 Å². The van der Waals surface area contributed by atoms with Gasteiger partial charge in [-0.25, -0.2) is 4.39 Å². The third-order valence-electron chi connectivity index (χ3n) is 2.52. The van der Waals surface area contributed by atoms with E-state index in [1.165, 1.54) is 19.2 Å². The number of hydrogen-bond donors (Lipinski definition) is 2. The van der Waals surface area contributed by atoms with Gasteiger partial charge in [0.25, 0.3) is 0 Å². The fraction of sp³-hybridized carbons (Fsp3) is 0.0769. The Hall–Kier alpha value is -1.46. The van der Waals surface area contributed by atoms with E-state index in [2.05, 4.69) is 21.2 Å². The van der Waals surface area contributed by atoms with Crippen molar-refractivity contribution in [2.45, 2.75) is 0 Å². The first-order valence-corrected chi connectivity index (χ1v) is 6.53. The van der Waals surface area contributed by atoms with Crippen LogP contribution < -0.4 is 15.8 Å². The highest BCUT2D eigenvalue weighted by molar-refractivity contribution is 9.10. The van der Waals surface area contributed by atoms with Crippen molar-refractivity contribution in [3.63, 3.8) is 0 Å². The van der Waals surface area contributed by atoms with Crippen molar-refractivity contribution >= 4 is 44.6 Å². The normalized spacial score (nSPS) is 10.3. The van der Waals surface area contributed by atoms with Gasteiger partial charge in [0.2, 0.25) is 0 Å². The summed E-state index contributed by atoms with van der Waals surface area (Å²) in [4.78, 5) is 0. The maximum atomic E-state index is 13.8. The fourth-order valence-corrected chi connectivity index (χ4v) is 2.10. The highest BCUT2D eigenvalue weighted by Crippen LogP contribution is 2.33. The van der Waals surface area contributed by atoms with E-state index in [4.69, 9.17) is 22.1 Å². The highest BCUT2D eigenvalue weighted by atomic mass is 79.9. The number of anilines is 3. The molecule has 0 unspecified atom stereocenters. The molecule has 0 spiro atoms. The first kappa shape index (κ1) is 14.0. The molecule has 0 aliphatic carbocycles. The number of nitrogens with two attached hydrogens (primary N) is 1. The minimum atomic E-state index is -0.467. The van der Waals surface area contributed by atoms with Crippen LogP contribution in [0.15, 0.2) is 34.8 Å². The Bertz CT molecular complexity index is 622. The lowest BCUT2D eigenvalue weighted by atomic mass is 10.2. The predicted molar refractivity (Wildman–Crippen MR) is 79.8 cm³/mol. The summed E-state index contributed by atoms with van der Waals surface area (Å²) in [6.07, 6.45) is 0. The Morgan fingerprint density at radius 1 is 1.26 bits per heavy atom. The molecular formula is C13H11BrClFN2O. The van der Waals surface area contributed by atoms with Gasteiger partial charge in [0.15, 0.2) is 0 Å². The molecule has 0 aromatic heterocycles. The molecular weight excluding hydrogens is 335 g/mol. The molecule has 2 aromatic rings. The quantitative estimate of drug-likeness (QED) is 0.801. The van der Waals surface area contributed by atoms with Crippen LogP contribution in [0.25, 0.3) is 0 Å². The highest BCUT2D eigenvalue weighted by Gasteiger charge is 2.10. The number of nitrogen functional groups attached to an aromatic ring is 1. The molecule has 3 N–H and O–H groups in total. The predicted octanol–water partition coefficient (Wildman–Crippen LogP) is 4.58. The van der Waals surface area contributed by atoms with Gasteiger partial charge in [0.05, 0.1) is 24.2 Å². The van der Waals surface area contributed by atoms with E-state index < -0.39 is 5.82 Å². The molecule has 2 rings (SSSR count). The van der Waals surface area contributed by atoms with Crippen molar-refractivity contribution in [2.24, 2.45) is 0 Å². The van der Waals surface area contributed by atoms with Gasteiger partial charge in [0.1, 0.15) is 11.6 Å². The maximum Gasteiger partial charge on any atom is 0.148 e. The molecule has 0 fully saturated rings. The topological polar surface area (TPSA) is 47.3 Å². The van der Waals surface area contributed by atoms with E-state index in [1.54, 1.807) is 18.2 Å². The standard InChI is InChI=1S/C13H11BrClFN2O/c1-19-13-6-12(9(16)5-10(13)17)18-11-4-7(15)2-3-8(11)14/h2-6,18H,17H2,1H3. The zero-order valence-corrected chi connectivity index (χ0v) is 12.3. The molecule has 0 bridgehead atoms. The van der Waals surface area contributed by atoms with E-state index >= 15 is 0 Å². The van der Waals surface area contributed by atoms with Gasteiger partial charge < -0.3 is 15.8 Å². The van der Waals surface area contributed by atoms with Crippen LogP contribution in [0, 0.1) is 5.82 Å². The van der Waals surface area contributed by atoms with Crippen molar-refractivity contribution in [2.75, 3.05) is 18.2 Å². The van der Waals surface area contributed by atoms with E-state index in [-0.39, 0.29) is 11.4 Å². The van der Waals surface area contributed by atoms with Gasteiger partial charge in [-0.05, 0) is 34.1 Å². The molecule has 0 aliphatic rings. The van der Waals surface area contributed by atoms with Crippen molar-refractivity contribution in [3.05, 3.63) is 45.6 Å². The van der Waals surface area contributed by atoms with Crippen LogP contribution in [0.4, 0.5) is 21.5 Å². The van der Waals surface area contributed by atoms with E-state index in [9.17, 15) is 4.39 Å². The average molecular weight is 346 g/mol. The SMILES string of the molecule is COc1cc(Nc2cc(Cl)ccc2Br)c(F)cc1N.